The number of nitrogens with zero attached hydrogens (tertiary/aromatic N) is 2. The fourth-order valence-electron chi connectivity index (χ4n) is 1.73. The molecule has 0 amide bonds. The van der Waals surface area contributed by atoms with E-state index in [1.165, 1.54) is 19.5 Å². The highest BCUT2D eigenvalue weighted by atomic mass is 16.5. The van der Waals surface area contributed by atoms with Gasteiger partial charge in [0.05, 0.1) is 12.7 Å². The topological polar surface area (TPSA) is 84.2 Å². The van der Waals surface area contributed by atoms with Crippen LogP contribution in [0.15, 0.2) is 18.5 Å². The largest absolute Gasteiger partial charge is 0.541 e. The fourth-order valence-corrected chi connectivity index (χ4v) is 1.73. The summed E-state index contributed by atoms with van der Waals surface area (Å²) in [5.74, 6) is -2.31. The van der Waals surface area contributed by atoms with Crippen LogP contribution in [0, 0.1) is 0 Å². The third-order valence-corrected chi connectivity index (χ3v) is 2.47. The molecule has 17 heavy (non-hydrogen) atoms. The number of ketones is 1. The zero-order valence-electron chi connectivity index (χ0n) is 9.26. The second-order valence-corrected chi connectivity index (χ2v) is 3.48. The summed E-state index contributed by atoms with van der Waals surface area (Å²) < 4.78 is 6.72. The predicted molar refractivity (Wildman–Crippen MR) is 56.6 cm³/mol. The highest BCUT2D eigenvalue weighted by Gasteiger charge is 2.18. The van der Waals surface area contributed by atoms with Crippen LogP contribution in [0.1, 0.15) is 10.4 Å². The standard InChI is InChI=1S/C11H10N2O4/c1-13-5-6(10(14)11(15)16)8-9(13)7(17-2)3-4-12-8/h3-5H,1-2H3,(H,15,16)/p-1. The van der Waals surface area contributed by atoms with Crippen molar-refractivity contribution in [1.29, 1.82) is 0 Å². The van der Waals surface area contributed by atoms with Gasteiger partial charge in [0.1, 0.15) is 22.8 Å². The minimum Gasteiger partial charge on any atom is -0.541 e. The van der Waals surface area contributed by atoms with Gasteiger partial charge in [-0.05, 0) is 0 Å². The maximum Gasteiger partial charge on any atom is 0.212 e. The van der Waals surface area contributed by atoms with Crippen LogP contribution in [0.2, 0.25) is 0 Å². The van der Waals surface area contributed by atoms with Crippen molar-refractivity contribution in [3.05, 3.63) is 24.0 Å². The van der Waals surface area contributed by atoms with E-state index in [-0.39, 0.29) is 5.56 Å². The van der Waals surface area contributed by atoms with E-state index in [1.54, 1.807) is 17.7 Å². The van der Waals surface area contributed by atoms with Crippen molar-refractivity contribution in [2.75, 3.05) is 7.11 Å². The molecule has 0 saturated heterocycles. The number of carbonyl (C=O) groups is 2. The Kier molecular flexibility index (Phi) is 2.55. The van der Waals surface area contributed by atoms with E-state index in [1.807, 2.05) is 0 Å². The molecule has 0 atom stereocenters. The lowest BCUT2D eigenvalue weighted by molar-refractivity contribution is -0.296. The Balaban J connectivity index is 2.76. The van der Waals surface area contributed by atoms with Crippen molar-refractivity contribution in [2.45, 2.75) is 0 Å². The van der Waals surface area contributed by atoms with Gasteiger partial charge in [0.25, 0.3) is 0 Å². The molecule has 0 radical (unpaired) electrons. The molecule has 6 nitrogen and oxygen atoms in total. The minimum absolute atomic E-state index is 0.00130. The molecule has 0 aliphatic rings. The number of rotatable bonds is 3. The number of ether oxygens (including phenoxy) is 1. The highest BCUT2D eigenvalue weighted by Crippen LogP contribution is 2.27. The number of carboxylic acid groups (broad SMARTS) is 1. The van der Waals surface area contributed by atoms with Gasteiger partial charge in [-0.1, -0.05) is 0 Å². The molecule has 0 aromatic carbocycles. The Bertz CT molecular complexity index is 615. The normalized spacial score (nSPS) is 10.5. The first-order valence-corrected chi connectivity index (χ1v) is 4.80. The van der Waals surface area contributed by atoms with Crippen LogP contribution in [0.3, 0.4) is 0 Å². The molecule has 0 aliphatic carbocycles. The molecule has 0 spiro atoms. The summed E-state index contributed by atoms with van der Waals surface area (Å²) in [6, 6.07) is 1.63. The smallest absolute Gasteiger partial charge is 0.212 e. The Morgan fingerprint density at radius 1 is 1.47 bits per heavy atom. The van der Waals surface area contributed by atoms with Gasteiger partial charge in [-0.25, -0.2) is 0 Å². The van der Waals surface area contributed by atoms with E-state index in [4.69, 9.17) is 4.74 Å². The van der Waals surface area contributed by atoms with E-state index >= 15 is 0 Å². The van der Waals surface area contributed by atoms with E-state index in [9.17, 15) is 14.7 Å². The number of methoxy groups -OCH3 is 1. The molecule has 2 heterocycles. The van der Waals surface area contributed by atoms with Crippen molar-refractivity contribution in [2.24, 2.45) is 7.05 Å². The molecule has 88 valence electrons. The average molecular weight is 233 g/mol. The number of carbonyl (C=O) groups excluding carboxylic acids is 2. The molecular weight excluding hydrogens is 224 g/mol. The SMILES string of the molecule is COc1ccnc2c(C(=O)C(=O)[O-])cn(C)c12. The van der Waals surface area contributed by atoms with Crippen LogP contribution in [0.5, 0.6) is 5.75 Å². The zero-order valence-corrected chi connectivity index (χ0v) is 9.26. The third kappa shape index (κ3) is 1.63. The molecule has 0 saturated carbocycles. The van der Waals surface area contributed by atoms with Crippen molar-refractivity contribution < 1.29 is 19.4 Å². The number of hydrogen-bond acceptors (Lipinski definition) is 5. The van der Waals surface area contributed by atoms with Gasteiger partial charge >= 0.3 is 0 Å². The molecule has 0 N–H and O–H groups in total. The Hall–Kier alpha value is -2.37. The molecule has 2 aromatic rings. The van der Waals surface area contributed by atoms with Crippen LogP contribution in [-0.4, -0.2) is 28.4 Å². The quantitative estimate of drug-likeness (QED) is 0.527. The zero-order chi connectivity index (χ0) is 12.6. The van der Waals surface area contributed by atoms with Gasteiger partial charge < -0.3 is 19.2 Å². The Morgan fingerprint density at radius 2 is 2.18 bits per heavy atom. The molecule has 2 rings (SSSR count). The van der Waals surface area contributed by atoms with E-state index in [0.29, 0.717) is 16.8 Å². The first kappa shape index (κ1) is 11.1. The third-order valence-electron chi connectivity index (χ3n) is 2.47. The van der Waals surface area contributed by atoms with Gasteiger partial charge in [-0.3, -0.25) is 9.78 Å². The number of pyridine rings is 1. The summed E-state index contributed by atoms with van der Waals surface area (Å²) in [6.07, 6.45) is 2.85. The number of aliphatic carboxylic acids is 1. The van der Waals surface area contributed by atoms with Crippen LogP contribution in [0.25, 0.3) is 11.0 Å². The molecule has 0 bridgehead atoms. The number of Topliss-reactive ketones (excluding diaryl/α,β-unsaturated/α-hetero) is 1. The van der Waals surface area contributed by atoms with Gasteiger partial charge in [0.15, 0.2) is 0 Å². The summed E-state index contributed by atoms with van der Waals surface area (Å²) in [5.41, 5.74) is 0.863. The lowest BCUT2D eigenvalue weighted by Gasteiger charge is -2.03. The van der Waals surface area contributed by atoms with Crippen molar-refractivity contribution in [3.8, 4) is 5.75 Å². The van der Waals surface area contributed by atoms with Gasteiger partial charge in [0, 0.05) is 25.5 Å². The van der Waals surface area contributed by atoms with Gasteiger partial charge in [-0.2, -0.15) is 0 Å². The van der Waals surface area contributed by atoms with Gasteiger partial charge in [-0.15, -0.1) is 0 Å². The van der Waals surface area contributed by atoms with Crippen molar-refractivity contribution in [3.63, 3.8) is 0 Å². The summed E-state index contributed by atoms with van der Waals surface area (Å²) >= 11 is 0. The summed E-state index contributed by atoms with van der Waals surface area (Å²) in [4.78, 5) is 26.0. The maximum absolute atomic E-state index is 11.4. The molecule has 2 aromatic heterocycles. The van der Waals surface area contributed by atoms with Crippen LogP contribution in [-0.2, 0) is 11.8 Å². The van der Waals surface area contributed by atoms with E-state index in [2.05, 4.69) is 4.98 Å². The number of hydrogen-bond donors (Lipinski definition) is 0. The second-order valence-electron chi connectivity index (χ2n) is 3.48. The number of fused-ring (bicyclic) bond motifs is 1. The molecule has 6 heteroatoms. The number of aromatic nitrogens is 2. The molecular formula is C11H9N2O4-. The van der Waals surface area contributed by atoms with Crippen LogP contribution < -0.4 is 9.84 Å². The number of carboxylic acids is 1. The molecule has 0 aliphatic heterocycles. The first-order chi connectivity index (χ1) is 8.06. The fraction of sp³-hybridized carbons (Fsp3) is 0.182. The van der Waals surface area contributed by atoms with Gasteiger partial charge in [0.2, 0.25) is 5.78 Å². The van der Waals surface area contributed by atoms with Crippen molar-refractivity contribution in [1.82, 2.24) is 9.55 Å². The maximum atomic E-state index is 11.4. The van der Waals surface area contributed by atoms with E-state index < -0.39 is 11.8 Å². The van der Waals surface area contributed by atoms with E-state index in [0.717, 1.165) is 0 Å². The minimum atomic E-state index is -1.75. The molecule has 0 fully saturated rings. The summed E-state index contributed by atoms with van der Waals surface area (Å²) in [5, 5.41) is 10.6. The molecule has 0 unspecified atom stereocenters. The second kappa shape index (κ2) is 3.89. The van der Waals surface area contributed by atoms with Crippen LogP contribution in [0.4, 0.5) is 0 Å². The lowest BCUT2D eigenvalue weighted by atomic mass is 10.2. The average Bonchev–Trinajstić information content (AvgIpc) is 2.66. The Labute approximate surface area is 96.4 Å². The highest BCUT2D eigenvalue weighted by molar-refractivity contribution is 6.41. The monoisotopic (exact) mass is 233 g/mol. The summed E-state index contributed by atoms with van der Waals surface area (Å²) in [7, 11) is 3.17. The van der Waals surface area contributed by atoms with Crippen LogP contribution >= 0.6 is 0 Å². The lowest BCUT2D eigenvalue weighted by Crippen LogP contribution is -2.31. The van der Waals surface area contributed by atoms with Crippen molar-refractivity contribution >= 4 is 22.8 Å². The summed E-state index contributed by atoms with van der Waals surface area (Å²) in [6.45, 7) is 0. The Morgan fingerprint density at radius 3 is 2.76 bits per heavy atom. The number of aryl methyl sites for hydroxylation is 1. The first-order valence-electron chi connectivity index (χ1n) is 4.80. The predicted octanol–water partition coefficient (Wildman–Crippen LogP) is -0.486.